The standard InChI is InChI=1S/C10H14N6O/c1-2-8-13-9(15-14-8)10(17)11-5-7-16-6-3-4-12-16/h3-4,6H,2,5,7H2,1H3,(H,11,17)(H,13,14,15). The summed E-state index contributed by atoms with van der Waals surface area (Å²) in [6.45, 7) is 3.07. The Morgan fingerprint density at radius 2 is 2.47 bits per heavy atom. The molecule has 0 aliphatic heterocycles. The summed E-state index contributed by atoms with van der Waals surface area (Å²) < 4.78 is 1.75. The normalized spacial score (nSPS) is 10.4. The van der Waals surface area contributed by atoms with Crippen LogP contribution in [0.2, 0.25) is 0 Å². The molecule has 0 atom stereocenters. The van der Waals surface area contributed by atoms with Crippen molar-refractivity contribution in [3.8, 4) is 0 Å². The molecule has 2 N–H and O–H groups in total. The number of aromatic nitrogens is 5. The molecule has 0 aliphatic rings. The molecule has 0 unspecified atom stereocenters. The van der Waals surface area contributed by atoms with Gasteiger partial charge in [0.25, 0.3) is 5.91 Å². The molecule has 1 amide bonds. The van der Waals surface area contributed by atoms with E-state index in [1.54, 1.807) is 10.9 Å². The molecule has 7 heteroatoms. The minimum atomic E-state index is -0.270. The monoisotopic (exact) mass is 234 g/mol. The third-order valence-electron chi connectivity index (χ3n) is 2.26. The number of rotatable bonds is 5. The maximum atomic E-state index is 11.6. The largest absolute Gasteiger partial charge is 0.347 e. The Balaban J connectivity index is 1.81. The fourth-order valence-electron chi connectivity index (χ4n) is 1.35. The maximum Gasteiger partial charge on any atom is 0.291 e. The van der Waals surface area contributed by atoms with Crippen molar-refractivity contribution in [2.75, 3.05) is 6.54 Å². The Morgan fingerprint density at radius 3 is 3.12 bits per heavy atom. The van der Waals surface area contributed by atoms with Gasteiger partial charge in [-0.05, 0) is 6.07 Å². The first kappa shape index (κ1) is 11.3. The van der Waals surface area contributed by atoms with Crippen molar-refractivity contribution < 1.29 is 4.79 Å². The van der Waals surface area contributed by atoms with Gasteiger partial charge >= 0.3 is 0 Å². The van der Waals surface area contributed by atoms with E-state index in [4.69, 9.17) is 0 Å². The van der Waals surface area contributed by atoms with Crippen LogP contribution in [0, 0.1) is 0 Å². The zero-order valence-electron chi connectivity index (χ0n) is 9.55. The van der Waals surface area contributed by atoms with Gasteiger partial charge in [0, 0.05) is 25.4 Å². The van der Waals surface area contributed by atoms with E-state index < -0.39 is 0 Å². The molecule has 0 saturated heterocycles. The van der Waals surface area contributed by atoms with Crippen molar-refractivity contribution in [2.45, 2.75) is 19.9 Å². The Labute approximate surface area is 98.2 Å². The van der Waals surface area contributed by atoms with Gasteiger partial charge in [0.15, 0.2) is 0 Å². The number of nitrogens with zero attached hydrogens (tertiary/aromatic N) is 4. The van der Waals surface area contributed by atoms with Gasteiger partial charge in [-0.15, -0.1) is 5.10 Å². The molecule has 2 aromatic rings. The number of aromatic amines is 1. The molecular formula is C10H14N6O. The lowest BCUT2D eigenvalue weighted by atomic mass is 10.4. The highest BCUT2D eigenvalue weighted by molar-refractivity contribution is 5.90. The van der Waals surface area contributed by atoms with Crippen LogP contribution in [0.4, 0.5) is 0 Å². The van der Waals surface area contributed by atoms with E-state index in [2.05, 4.69) is 25.6 Å². The number of hydrogen-bond acceptors (Lipinski definition) is 4. The van der Waals surface area contributed by atoms with E-state index in [1.807, 2.05) is 19.2 Å². The second kappa shape index (κ2) is 5.24. The van der Waals surface area contributed by atoms with Crippen molar-refractivity contribution in [2.24, 2.45) is 0 Å². The smallest absolute Gasteiger partial charge is 0.291 e. The lowest BCUT2D eigenvalue weighted by molar-refractivity contribution is 0.0942. The number of aryl methyl sites for hydroxylation is 1. The Morgan fingerprint density at radius 1 is 1.59 bits per heavy atom. The number of carbonyl (C=O) groups is 1. The molecular weight excluding hydrogens is 220 g/mol. The SMILES string of the molecule is CCc1nc(C(=O)NCCn2cccn2)n[nH]1. The van der Waals surface area contributed by atoms with E-state index in [-0.39, 0.29) is 11.7 Å². The van der Waals surface area contributed by atoms with Crippen LogP contribution in [0.5, 0.6) is 0 Å². The van der Waals surface area contributed by atoms with Gasteiger partial charge in [-0.1, -0.05) is 6.92 Å². The molecule has 0 bridgehead atoms. The van der Waals surface area contributed by atoms with Crippen molar-refractivity contribution >= 4 is 5.91 Å². The van der Waals surface area contributed by atoms with E-state index in [1.165, 1.54) is 0 Å². The summed E-state index contributed by atoms with van der Waals surface area (Å²) in [6.07, 6.45) is 4.27. The first-order chi connectivity index (χ1) is 8.29. The van der Waals surface area contributed by atoms with Crippen LogP contribution < -0.4 is 5.32 Å². The molecule has 7 nitrogen and oxygen atoms in total. The van der Waals surface area contributed by atoms with Gasteiger partial charge in [-0.3, -0.25) is 14.6 Å². The molecule has 2 aromatic heterocycles. The van der Waals surface area contributed by atoms with Crippen LogP contribution in [0.15, 0.2) is 18.5 Å². The third kappa shape index (κ3) is 2.90. The molecule has 0 fully saturated rings. The third-order valence-corrected chi connectivity index (χ3v) is 2.26. The van der Waals surface area contributed by atoms with Gasteiger partial charge in [-0.25, -0.2) is 4.98 Å². The fourth-order valence-corrected chi connectivity index (χ4v) is 1.35. The quantitative estimate of drug-likeness (QED) is 0.761. The highest BCUT2D eigenvalue weighted by Gasteiger charge is 2.10. The van der Waals surface area contributed by atoms with Crippen LogP contribution in [-0.4, -0.2) is 37.4 Å². The Hall–Kier alpha value is -2.18. The summed E-state index contributed by atoms with van der Waals surface area (Å²) in [4.78, 5) is 15.7. The van der Waals surface area contributed by atoms with E-state index in [0.717, 1.165) is 6.42 Å². The number of amides is 1. The van der Waals surface area contributed by atoms with E-state index in [9.17, 15) is 4.79 Å². The average Bonchev–Trinajstić information content (AvgIpc) is 2.99. The lowest BCUT2D eigenvalue weighted by Gasteiger charge is -2.02. The summed E-state index contributed by atoms with van der Waals surface area (Å²) in [5.41, 5.74) is 0. The molecule has 90 valence electrons. The van der Waals surface area contributed by atoms with Crippen molar-refractivity contribution in [1.29, 1.82) is 0 Å². The van der Waals surface area contributed by atoms with Gasteiger partial charge < -0.3 is 5.32 Å². The highest BCUT2D eigenvalue weighted by Crippen LogP contribution is 1.93. The lowest BCUT2D eigenvalue weighted by Crippen LogP contribution is -2.28. The van der Waals surface area contributed by atoms with E-state index >= 15 is 0 Å². The van der Waals surface area contributed by atoms with Gasteiger partial charge in [0.2, 0.25) is 5.82 Å². The maximum absolute atomic E-state index is 11.6. The number of hydrogen-bond donors (Lipinski definition) is 2. The number of nitrogens with one attached hydrogen (secondary N) is 2. The van der Waals surface area contributed by atoms with Crippen LogP contribution in [0.1, 0.15) is 23.4 Å². The molecule has 0 spiro atoms. The van der Waals surface area contributed by atoms with Crippen LogP contribution >= 0.6 is 0 Å². The minimum Gasteiger partial charge on any atom is -0.347 e. The zero-order chi connectivity index (χ0) is 12.1. The molecule has 0 radical (unpaired) electrons. The summed E-state index contributed by atoms with van der Waals surface area (Å²) in [7, 11) is 0. The fraction of sp³-hybridized carbons (Fsp3) is 0.400. The summed E-state index contributed by atoms with van der Waals surface area (Å²) in [5, 5.41) is 13.3. The zero-order valence-corrected chi connectivity index (χ0v) is 9.55. The molecule has 0 aromatic carbocycles. The molecule has 0 aliphatic carbocycles. The Bertz CT molecular complexity index is 475. The highest BCUT2D eigenvalue weighted by atomic mass is 16.2. The van der Waals surface area contributed by atoms with Gasteiger partial charge in [-0.2, -0.15) is 5.10 Å². The van der Waals surface area contributed by atoms with Gasteiger partial charge in [0.05, 0.1) is 6.54 Å². The molecule has 2 heterocycles. The van der Waals surface area contributed by atoms with Crippen LogP contribution in [0.25, 0.3) is 0 Å². The summed E-state index contributed by atoms with van der Waals surface area (Å²) in [6, 6.07) is 1.84. The molecule has 2 rings (SSSR count). The van der Waals surface area contributed by atoms with Crippen LogP contribution in [-0.2, 0) is 13.0 Å². The minimum absolute atomic E-state index is 0.183. The predicted molar refractivity (Wildman–Crippen MR) is 60.3 cm³/mol. The van der Waals surface area contributed by atoms with Crippen molar-refractivity contribution in [3.05, 3.63) is 30.1 Å². The number of carbonyl (C=O) groups excluding carboxylic acids is 1. The second-order valence-corrected chi connectivity index (χ2v) is 3.48. The summed E-state index contributed by atoms with van der Waals surface area (Å²) in [5.74, 6) is 0.623. The second-order valence-electron chi connectivity index (χ2n) is 3.48. The molecule has 0 saturated carbocycles. The predicted octanol–water partition coefficient (Wildman–Crippen LogP) is -0.00640. The summed E-state index contributed by atoms with van der Waals surface area (Å²) >= 11 is 0. The van der Waals surface area contributed by atoms with E-state index in [0.29, 0.717) is 18.9 Å². The average molecular weight is 234 g/mol. The first-order valence-corrected chi connectivity index (χ1v) is 5.46. The molecule has 17 heavy (non-hydrogen) atoms. The topological polar surface area (TPSA) is 88.5 Å². The van der Waals surface area contributed by atoms with Crippen LogP contribution in [0.3, 0.4) is 0 Å². The Kier molecular flexibility index (Phi) is 3.49. The van der Waals surface area contributed by atoms with Crippen molar-refractivity contribution in [1.82, 2.24) is 30.3 Å². The first-order valence-electron chi connectivity index (χ1n) is 5.46. The number of H-pyrrole nitrogens is 1. The van der Waals surface area contributed by atoms with Gasteiger partial charge in [0.1, 0.15) is 5.82 Å². The van der Waals surface area contributed by atoms with Crippen molar-refractivity contribution in [3.63, 3.8) is 0 Å².